The molecule has 1 aliphatic heterocycles. The van der Waals surface area contributed by atoms with E-state index in [1.54, 1.807) is 6.20 Å². The summed E-state index contributed by atoms with van der Waals surface area (Å²) in [6.07, 6.45) is 3.62. The number of nitrogens with zero attached hydrogens (tertiary/aromatic N) is 1. The van der Waals surface area contributed by atoms with Gasteiger partial charge in [0.1, 0.15) is 5.82 Å². The van der Waals surface area contributed by atoms with E-state index in [1.165, 1.54) is 0 Å². The number of rotatable bonds is 3. The molecule has 0 aliphatic carbocycles. The van der Waals surface area contributed by atoms with Gasteiger partial charge in [-0.1, -0.05) is 0 Å². The molecule has 0 radical (unpaired) electrons. The first-order valence-electron chi connectivity index (χ1n) is 5.42. The van der Waals surface area contributed by atoms with Gasteiger partial charge in [0.05, 0.1) is 10.0 Å². The molecule has 0 amide bonds. The van der Waals surface area contributed by atoms with E-state index in [9.17, 15) is 0 Å². The fourth-order valence-electron chi connectivity index (χ4n) is 1.87. The van der Waals surface area contributed by atoms with Crippen LogP contribution in [0.3, 0.4) is 0 Å². The molecule has 1 fully saturated rings. The highest BCUT2D eigenvalue weighted by molar-refractivity contribution is 9.10. The van der Waals surface area contributed by atoms with Gasteiger partial charge in [-0.15, -0.1) is 0 Å². The van der Waals surface area contributed by atoms with E-state index in [4.69, 9.17) is 10.5 Å². The van der Waals surface area contributed by atoms with Crippen LogP contribution in [0.4, 0.5) is 5.82 Å². The Bertz CT molecular complexity index is 353. The van der Waals surface area contributed by atoms with Crippen LogP contribution < -0.4 is 11.1 Å². The smallest absolute Gasteiger partial charge is 0.140 e. The van der Waals surface area contributed by atoms with Crippen LogP contribution in [0.5, 0.6) is 0 Å². The predicted molar refractivity (Wildman–Crippen MR) is 67.4 cm³/mol. The SMILES string of the molecule is NCC1(Nc2ncccc2Br)CCOCC1. The summed E-state index contributed by atoms with van der Waals surface area (Å²) in [4.78, 5) is 4.31. The summed E-state index contributed by atoms with van der Waals surface area (Å²) in [7, 11) is 0. The first-order chi connectivity index (χ1) is 7.76. The zero-order chi connectivity index (χ0) is 11.4. The third kappa shape index (κ3) is 2.53. The maximum atomic E-state index is 5.88. The van der Waals surface area contributed by atoms with Crippen molar-refractivity contribution in [2.45, 2.75) is 18.4 Å². The zero-order valence-corrected chi connectivity index (χ0v) is 10.7. The molecule has 0 saturated carbocycles. The Balaban J connectivity index is 2.15. The number of nitrogens with two attached hydrogens (primary N) is 1. The van der Waals surface area contributed by atoms with Gasteiger partial charge in [-0.3, -0.25) is 0 Å². The Hall–Kier alpha value is -0.650. The number of anilines is 1. The molecule has 3 N–H and O–H groups in total. The molecule has 1 aromatic rings. The highest BCUT2D eigenvalue weighted by Crippen LogP contribution is 2.27. The second kappa shape index (κ2) is 5.12. The van der Waals surface area contributed by atoms with Crippen molar-refractivity contribution in [3.8, 4) is 0 Å². The monoisotopic (exact) mass is 285 g/mol. The Morgan fingerprint density at radius 3 is 2.88 bits per heavy atom. The zero-order valence-electron chi connectivity index (χ0n) is 9.08. The lowest BCUT2D eigenvalue weighted by molar-refractivity contribution is 0.0626. The van der Waals surface area contributed by atoms with Gasteiger partial charge in [-0.25, -0.2) is 4.98 Å². The molecule has 4 nitrogen and oxygen atoms in total. The van der Waals surface area contributed by atoms with Gasteiger partial charge in [0.25, 0.3) is 0 Å². The Morgan fingerprint density at radius 2 is 2.25 bits per heavy atom. The molecule has 0 atom stereocenters. The summed E-state index contributed by atoms with van der Waals surface area (Å²) in [5.74, 6) is 0.856. The van der Waals surface area contributed by atoms with Crippen molar-refractivity contribution in [2.75, 3.05) is 25.1 Å². The van der Waals surface area contributed by atoms with Crippen molar-refractivity contribution >= 4 is 21.7 Å². The van der Waals surface area contributed by atoms with Crippen LogP contribution >= 0.6 is 15.9 Å². The third-order valence-corrected chi connectivity index (χ3v) is 3.62. The second-order valence-corrected chi connectivity index (χ2v) is 4.91. The first-order valence-corrected chi connectivity index (χ1v) is 6.22. The minimum atomic E-state index is -0.0743. The van der Waals surface area contributed by atoms with E-state index in [2.05, 4.69) is 26.2 Å². The average Bonchev–Trinajstić information content (AvgIpc) is 2.33. The Kier molecular flexibility index (Phi) is 3.78. The standard InChI is InChI=1S/C11H16BrN3O/c12-9-2-1-5-14-10(9)15-11(8-13)3-6-16-7-4-11/h1-2,5H,3-4,6-8,13H2,(H,14,15). The molecular formula is C11H16BrN3O. The number of pyridine rings is 1. The highest BCUT2D eigenvalue weighted by atomic mass is 79.9. The van der Waals surface area contributed by atoms with Crippen molar-refractivity contribution in [1.29, 1.82) is 0 Å². The fraction of sp³-hybridized carbons (Fsp3) is 0.545. The largest absolute Gasteiger partial charge is 0.381 e. The maximum absolute atomic E-state index is 5.88. The summed E-state index contributed by atoms with van der Waals surface area (Å²) in [6, 6.07) is 3.87. The summed E-state index contributed by atoms with van der Waals surface area (Å²) < 4.78 is 6.33. The van der Waals surface area contributed by atoms with Crippen LogP contribution in [-0.4, -0.2) is 30.3 Å². The molecule has 88 valence electrons. The maximum Gasteiger partial charge on any atom is 0.140 e. The second-order valence-electron chi connectivity index (χ2n) is 4.06. The Morgan fingerprint density at radius 1 is 1.50 bits per heavy atom. The molecule has 0 unspecified atom stereocenters. The van der Waals surface area contributed by atoms with Crippen molar-refractivity contribution in [2.24, 2.45) is 5.73 Å². The molecule has 0 aromatic carbocycles. The van der Waals surface area contributed by atoms with Crippen LogP contribution in [0.25, 0.3) is 0 Å². The van der Waals surface area contributed by atoms with Crippen molar-refractivity contribution in [1.82, 2.24) is 4.98 Å². The number of hydrogen-bond donors (Lipinski definition) is 2. The molecule has 5 heteroatoms. The van der Waals surface area contributed by atoms with E-state index >= 15 is 0 Å². The quantitative estimate of drug-likeness (QED) is 0.889. The highest BCUT2D eigenvalue weighted by Gasteiger charge is 2.31. The number of halogens is 1. The van der Waals surface area contributed by atoms with Gasteiger partial charge in [0.15, 0.2) is 0 Å². The normalized spacial score (nSPS) is 19.4. The summed E-state index contributed by atoms with van der Waals surface area (Å²) >= 11 is 3.48. The molecular weight excluding hydrogens is 270 g/mol. The lowest BCUT2D eigenvalue weighted by Crippen LogP contribution is -2.49. The van der Waals surface area contributed by atoms with Crippen LogP contribution in [0, 0.1) is 0 Å². The fourth-order valence-corrected chi connectivity index (χ4v) is 2.23. The van der Waals surface area contributed by atoms with Crippen molar-refractivity contribution in [3.05, 3.63) is 22.8 Å². The predicted octanol–water partition coefficient (Wildman–Crippen LogP) is 1.76. The van der Waals surface area contributed by atoms with E-state index in [0.29, 0.717) is 6.54 Å². The van der Waals surface area contributed by atoms with Crippen LogP contribution in [0.15, 0.2) is 22.8 Å². The van der Waals surface area contributed by atoms with Gasteiger partial charge in [0, 0.05) is 26.0 Å². The van der Waals surface area contributed by atoms with Crippen molar-refractivity contribution in [3.63, 3.8) is 0 Å². The van der Waals surface area contributed by atoms with Crippen LogP contribution in [-0.2, 0) is 4.74 Å². The minimum Gasteiger partial charge on any atom is -0.381 e. The Labute approximate surface area is 104 Å². The van der Waals surface area contributed by atoms with Gasteiger partial charge in [-0.05, 0) is 40.9 Å². The molecule has 0 spiro atoms. The van der Waals surface area contributed by atoms with E-state index in [1.807, 2.05) is 12.1 Å². The molecule has 0 bridgehead atoms. The topological polar surface area (TPSA) is 60.2 Å². The van der Waals surface area contributed by atoms with E-state index < -0.39 is 0 Å². The van der Waals surface area contributed by atoms with Crippen molar-refractivity contribution < 1.29 is 4.74 Å². The van der Waals surface area contributed by atoms with Gasteiger partial charge in [-0.2, -0.15) is 0 Å². The number of hydrogen-bond acceptors (Lipinski definition) is 4. The summed E-state index contributed by atoms with van der Waals surface area (Å²) in [6.45, 7) is 2.11. The van der Waals surface area contributed by atoms with E-state index in [0.717, 1.165) is 36.3 Å². The van der Waals surface area contributed by atoms with E-state index in [-0.39, 0.29) is 5.54 Å². The summed E-state index contributed by atoms with van der Waals surface area (Å²) in [5, 5.41) is 3.45. The lowest BCUT2D eigenvalue weighted by atomic mass is 9.90. The van der Waals surface area contributed by atoms with Crippen LogP contribution in [0.1, 0.15) is 12.8 Å². The molecule has 1 aliphatic rings. The molecule has 2 rings (SSSR count). The number of ether oxygens (including phenoxy) is 1. The molecule has 1 saturated heterocycles. The summed E-state index contributed by atoms with van der Waals surface area (Å²) in [5.41, 5.74) is 5.80. The van der Waals surface area contributed by atoms with Gasteiger partial charge in [0.2, 0.25) is 0 Å². The van der Waals surface area contributed by atoms with Gasteiger partial charge < -0.3 is 15.8 Å². The van der Waals surface area contributed by atoms with Crippen LogP contribution in [0.2, 0.25) is 0 Å². The number of nitrogens with one attached hydrogen (secondary N) is 1. The average molecular weight is 286 g/mol. The molecule has 2 heterocycles. The molecule has 1 aromatic heterocycles. The number of aromatic nitrogens is 1. The lowest BCUT2D eigenvalue weighted by Gasteiger charge is -2.37. The molecule has 16 heavy (non-hydrogen) atoms. The third-order valence-electron chi connectivity index (χ3n) is 2.98. The minimum absolute atomic E-state index is 0.0743. The first kappa shape index (κ1) is 11.8. The van der Waals surface area contributed by atoms with Gasteiger partial charge >= 0.3 is 0 Å².